The molecule has 1 N–H and O–H groups in total. The number of azide groups is 1. The molecule has 0 radical (unpaired) electrons. The van der Waals surface area contributed by atoms with Gasteiger partial charge in [0.25, 0.3) is 5.91 Å². The third-order valence-electron chi connectivity index (χ3n) is 4.22. The number of carbonyl (C=O) groups is 1. The molecule has 0 saturated heterocycles. The molecule has 1 aliphatic carbocycles. The van der Waals surface area contributed by atoms with Crippen molar-refractivity contribution in [3.8, 4) is 0 Å². The maximum Gasteiger partial charge on any atom is 0.256 e. The molecule has 1 aliphatic rings. The Labute approximate surface area is 148 Å². The Kier molecular flexibility index (Phi) is 4.04. The summed E-state index contributed by atoms with van der Waals surface area (Å²) >= 11 is 0. The van der Waals surface area contributed by atoms with Crippen LogP contribution in [0.5, 0.6) is 0 Å². The van der Waals surface area contributed by atoms with Gasteiger partial charge in [-0.05, 0) is 24.1 Å². The number of hydrogen-bond donors (Lipinski definition) is 1. The van der Waals surface area contributed by atoms with Gasteiger partial charge in [-0.15, -0.1) is 0 Å². The van der Waals surface area contributed by atoms with Crippen LogP contribution in [0.4, 0.5) is 5.82 Å². The number of imidazole rings is 1. The summed E-state index contributed by atoms with van der Waals surface area (Å²) in [5, 5.41) is 6.51. The minimum Gasteiger partial charge on any atom is -0.308 e. The normalized spacial score (nSPS) is 18.6. The fraction of sp³-hybridized carbons (Fsp3) is 0.176. The molecule has 0 unspecified atom stereocenters. The van der Waals surface area contributed by atoms with E-state index in [0.29, 0.717) is 29.0 Å². The molecule has 0 aliphatic heterocycles. The quantitative estimate of drug-likeness (QED) is 0.337. The lowest BCUT2D eigenvalue weighted by Gasteiger charge is -2.11. The van der Waals surface area contributed by atoms with Gasteiger partial charge in [0.1, 0.15) is 6.33 Å². The number of allylic oxidation sites excluding steroid dienone is 1. The van der Waals surface area contributed by atoms with E-state index < -0.39 is 0 Å². The van der Waals surface area contributed by atoms with Crippen molar-refractivity contribution in [3.05, 3.63) is 71.1 Å². The Morgan fingerprint density at radius 2 is 2.08 bits per heavy atom. The number of amides is 1. The number of fused-ring (bicyclic) bond motifs is 1. The first-order valence-corrected chi connectivity index (χ1v) is 8.02. The zero-order valence-corrected chi connectivity index (χ0v) is 13.6. The maximum atomic E-state index is 12.4. The molecular formula is C17H14N8O. The number of rotatable bonds is 4. The minimum absolute atomic E-state index is 0.0110. The highest BCUT2D eigenvalue weighted by atomic mass is 16.1. The Morgan fingerprint density at radius 1 is 1.23 bits per heavy atom. The molecule has 0 spiro atoms. The van der Waals surface area contributed by atoms with Crippen LogP contribution in [-0.4, -0.2) is 31.5 Å². The van der Waals surface area contributed by atoms with Crippen molar-refractivity contribution in [1.82, 2.24) is 19.5 Å². The number of anilines is 1. The number of nitrogens with zero attached hydrogens (tertiary/aromatic N) is 7. The standard InChI is InChI=1S/C17H14N8O/c18-24-23-12-6-7-13(8-12)25-10-21-14-15(19-9-20-16(14)25)22-17(26)11-4-2-1-3-5-11/h1-7,9-10,12-13H,8H2,(H,19,20,22,26)/t12-,13+/m1/s1. The summed E-state index contributed by atoms with van der Waals surface area (Å²) in [6.45, 7) is 0. The van der Waals surface area contributed by atoms with E-state index in [1.165, 1.54) is 6.33 Å². The average Bonchev–Trinajstić information content (AvgIpc) is 3.30. The van der Waals surface area contributed by atoms with Crippen molar-refractivity contribution in [3.63, 3.8) is 0 Å². The lowest BCUT2D eigenvalue weighted by Crippen LogP contribution is -2.13. The summed E-state index contributed by atoms with van der Waals surface area (Å²) in [5.41, 5.74) is 10.2. The van der Waals surface area contributed by atoms with E-state index in [1.54, 1.807) is 30.6 Å². The topological polar surface area (TPSA) is 121 Å². The molecule has 26 heavy (non-hydrogen) atoms. The second-order valence-corrected chi connectivity index (χ2v) is 5.83. The van der Waals surface area contributed by atoms with Gasteiger partial charge in [-0.1, -0.05) is 35.5 Å². The SMILES string of the molecule is [N-]=[N+]=N[C@@H]1C=C[C@H](n2cnc3c(NC(=O)c4ccccc4)ncnc32)C1. The van der Waals surface area contributed by atoms with Gasteiger partial charge in [0, 0.05) is 10.5 Å². The summed E-state index contributed by atoms with van der Waals surface area (Å²) in [4.78, 5) is 28.0. The number of carbonyl (C=O) groups excluding carboxylic acids is 1. The Balaban J connectivity index is 1.63. The monoisotopic (exact) mass is 346 g/mol. The predicted molar refractivity (Wildman–Crippen MR) is 95.4 cm³/mol. The number of benzene rings is 1. The maximum absolute atomic E-state index is 12.4. The number of aromatic nitrogens is 4. The van der Waals surface area contributed by atoms with E-state index in [-0.39, 0.29) is 18.0 Å². The zero-order valence-electron chi connectivity index (χ0n) is 13.6. The molecule has 4 rings (SSSR count). The average molecular weight is 346 g/mol. The van der Waals surface area contributed by atoms with Gasteiger partial charge in [-0.25, -0.2) is 15.0 Å². The van der Waals surface area contributed by atoms with Crippen molar-refractivity contribution in [2.75, 3.05) is 5.32 Å². The molecule has 1 aromatic carbocycles. The Hall–Kier alpha value is -3.71. The fourth-order valence-electron chi connectivity index (χ4n) is 2.97. The highest BCUT2D eigenvalue weighted by Gasteiger charge is 2.22. The molecule has 0 bridgehead atoms. The molecule has 9 heteroatoms. The van der Waals surface area contributed by atoms with Gasteiger partial charge in [-0.3, -0.25) is 4.79 Å². The number of hydrogen-bond acceptors (Lipinski definition) is 5. The van der Waals surface area contributed by atoms with Crippen LogP contribution in [0.15, 0.2) is 60.3 Å². The third kappa shape index (κ3) is 2.87. The second-order valence-electron chi connectivity index (χ2n) is 5.83. The van der Waals surface area contributed by atoms with E-state index >= 15 is 0 Å². The molecule has 9 nitrogen and oxygen atoms in total. The molecule has 128 valence electrons. The van der Waals surface area contributed by atoms with Gasteiger partial charge in [0.15, 0.2) is 17.0 Å². The van der Waals surface area contributed by atoms with E-state index in [1.807, 2.05) is 22.8 Å². The van der Waals surface area contributed by atoms with Crippen molar-refractivity contribution < 1.29 is 4.79 Å². The third-order valence-corrected chi connectivity index (χ3v) is 4.22. The van der Waals surface area contributed by atoms with Crippen LogP contribution < -0.4 is 5.32 Å². The first-order valence-electron chi connectivity index (χ1n) is 8.02. The summed E-state index contributed by atoms with van der Waals surface area (Å²) < 4.78 is 1.89. The summed E-state index contributed by atoms with van der Waals surface area (Å²) in [5.74, 6) is 0.0977. The molecule has 2 aromatic heterocycles. The Morgan fingerprint density at radius 3 is 2.88 bits per heavy atom. The lowest BCUT2D eigenvalue weighted by molar-refractivity contribution is 0.102. The van der Waals surface area contributed by atoms with Crippen LogP contribution in [0.2, 0.25) is 0 Å². The van der Waals surface area contributed by atoms with Gasteiger partial charge in [0.05, 0.1) is 18.4 Å². The molecule has 1 amide bonds. The molecule has 0 fully saturated rings. The molecule has 2 heterocycles. The second kappa shape index (κ2) is 6.66. The van der Waals surface area contributed by atoms with Crippen molar-refractivity contribution in [2.45, 2.75) is 18.5 Å². The molecular weight excluding hydrogens is 332 g/mol. The van der Waals surface area contributed by atoms with E-state index in [2.05, 4.69) is 30.3 Å². The van der Waals surface area contributed by atoms with Crippen LogP contribution in [-0.2, 0) is 0 Å². The summed E-state index contributed by atoms with van der Waals surface area (Å²) in [6.07, 6.45) is 7.53. The summed E-state index contributed by atoms with van der Waals surface area (Å²) in [6, 6.07) is 8.71. The number of nitrogens with one attached hydrogen (secondary N) is 1. The van der Waals surface area contributed by atoms with Crippen LogP contribution >= 0.6 is 0 Å². The Bertz CT molecular complexity index is 1040. The first-order chi connectivity index (χ1) is 12.8. The predicted octanol–water partition coefficient (Wildman–Crippen LogP) is 3.26. The highest BCUT2D eigenvalue weighted by Crippen LogP contribution is 2.29. The van der Waals surface area contributed by atoms with E-state index in [9.17, 15) is 4.79 Å². The first kappa shape index (κ1) is 15.8. The van der Waals surface area contributed by atoms with E-state index in [4.69, 9.17) is 5.53 Å². The minimum atomic E-state index is -0.260. The summed E-state index contributed by atoms with van der Waals surface area (Å²) in [7, 11) is 0. The lowest BCUT2D eigenvalue weighted by atomic mass is 10.2. The van der Waals surface area contributed by atoms with Crippen LogP contribution in [0, 0.1) is 0 Å². The smallest absolute Gasteiger partial charge is 0.256 e. The van der Waals surface area contributed by atoms with Crippen LogP contribution in [0.1, 0.15) is 22.8 Å². The fourth-order valence-corrected chi connectivity index (χ4v) is 2.97. The van der Waals surface area contributed by atoms with Crippen molar-refractivity contribution in [2.24, 2.45) is 5.11 Å². The van der Waals surface area contributed by atoms with Gasteiger partial charge in [-0.2, -0.15) is 0 Å². The van der Waals surface area contributed by atoms with Gasteiger partial charge < -0.3 is 9.88 Å². The van der Waals surface area contributed by atoms with Crippen molar-refractivity contribution >= 4 is 22.9 Å². The van der Waals surface area contributed by atoms with Crippen molar-refractivity contribution in [1.29, 1.82) is 0 Å². The van der Waals surface area contributed by atoms with Gasteiger partial charge >= 0.3 is 0 Å². The molecule has 2 atom stereocenters. The largest absolute Gasteiger partial charge is 0.308 e. The van der Waals surface area contributed by atoms with Gasteiger partial charge in [0.2, 0.25) is 0 Å². The molecule has 3 aromatic rings. The zero-order chi connectivity index (χ0) is 17.9. The highest BCUT2D eigenvalue weighted by molar-refractivity contribution is 6.06. The van der Waals surface area contributed by atoms with Crippen LogP contribution in [0.25, 0.3) is 21.6 Å². The van der Waals surface area contributed by atoms with Crippen LogP contribution in [0.3, 0.4) is 0 Å². The molecule has 0 saturated carbocycles. The van der Waals surface area contributed by atoms with E-state index in [0.717, 1.165) is 0 Å².